The molecule has 0 bridgehead atoms. The molecule has 3 rings (SSSR count). The monoisotopic (exact) mass is 265 g/mol. The van der Waals surface area contributed by atoms with E-state index in [2.05, 4.69) is 36.2 Å². The van der Waals surface area contributed by atoms with Crippen LogP contribution in [0.25, 0.3) is 10.9 Å². The molecular weight excluding hydrogens is 246 g/mol. The highest BCUT2D eigenvalue weighted by molar-refractivity contribution is 5.85. The molecule has 0 saturated carbocycles. The normalized spacial score (nSPS) is 12.8. The van der Waals surface area contributed by atoms with Gasteiger partial charge >= 0.3 is 0 Å². The molecule has 102 valence electrons. The lowest BCUT2D eigenvalue weighted by Crippen LogP contribution is -2.13. The van der Waals surface area contributed by atoms with Gasteiger partial charge in [0.1, 0.15) is 0 Å². The fourth-order valence-electron chi connectivity index (χ4n) is 2.78. The van der Waals surface area contributed by atoms with Gasteiger partial charge in [0.15, 0.2) is 0 Å². The first-order chi connectivity index (χ1) is 9.70. The summed E-state index contributed by atoms with van der Waals surface area (Å²) in [4.78, 5) is 3.40. The van der Waals surface area contributed by atoms with Crippen LogP contribution in [0.1, 0.15) is 28.4 Å². The van der Waals surface area contributed by atoms with Crippen LogP contribution in [0.3, 0.4) is 0 Å². The molecule has 20 heavy (non-hydrogen) atoms. The summed E-state index contributed by atoms with van der Waals surface area (Å²) in [5, 5.41) is 1.19. The zero-order valence-corrected chi connectivity index (χ0v) is 11.6. The van der Waals surface area contributed by atoms with Gasteiger partial charge in [0.05, 0.1) is 6.04 Å². The minimum absolute atomic E-state index is 0.141. The average Bonchev–Trinajstić information content (AvgIpc) is 2.82. The Morgan fingerprint density at radius 3 is 2.70 bits per heavy atom. The summed E-state index contributed by atoms with van der Waals surface area (Å²) >= 11 is 0. The highest BCUT2D eigenvalue weighted by Gasteiger charge is 2.17. The number of aryl methyl sites for hydroxylation is 1. The summed E-state index contributed by atoms with van der Waals surface area (Å²) < 4.78 is 0. The van der Waals surface area contributed by atoms with Crippen molar-refractivity contribution < 1.29 is 0 Å². The van der Waals surface area contributed by atoms with Crippen molar-refractivity contribution >= 4 is 10.9 Å². The number of aromatic nitrogens is 1. The molecular formula is C17H19N3. The first-order valence-corrected chi connectivity index (χ1v) is 6.82. The van der Waals surface area contributed by atoms with Crippen LogP contribution in [0.4, 0.5) is 0 Å². The van der Waals surface area contributed by atoms with Crippen molar-refractivity contribution in [3.8, 4) is 0 Å². The fraction of sp³-hybridized carbons (Fsp3) is 0.176. The van der Waals surface area contributed by atoms with E-state index in [0.717, 1.165) is 27.9 Å². The number of para-hydroxylation sites is 1. The molecule has 0 spiro atoms. The Balaban J connectivity index is 2.12. The van der Waals surface area contributed by atoms with Crippen molar-refractivity contribution in [1.82, 2.24) is 4.98 Å². The van der Waals surface area contributed by atoms with Crippen molar-refractivity contribution in [2.24, 2.45) is 11.5 Å². The Hall–Kier alpha value is -2.10. The van der Waals surface area contributed by atoms with E-state index >= 15 is 0 Å². The third-order valence-corrected chi connectivity index (χ3v) is 3.80. The average molecular weight is 265 g/mol. The topological polar surface area (TPSA) is 67.8 Å². The van der Waals surface area contributed by atoms with Gasteiger partial charge in [0.25, 0.3) is 0 Å². The second-order valence-corrected chi connectivity index (χ2v) is 5.14. The number of benzene rings is 2. The molecule has 1 aromatic heterocycles. The summed E-state index contributed by atoms with van der Waals surface area (Å²) in [5.74, 6) is 0. The zero-order valence-electron chi connectivity index (χ0n) is 11.6. The number of fused-ring (bicyclic) bond motifs is 1. The Kier molecular flexibility index (Phi) is 3.30. The standard InChI is InChI=1S/C17H19N3/c1-11-16(14-7-2-3-8-15(14)20-11)17(19)13-6-4-5-12(9-13)10-18/h2-9,17,20H,10,18-19H2,1H3. The van der Waals surface area contributed by atoms with E-state index in [0.29, 0.717) is 6.54 Å². The van der Waals surface area contributed by atoms with Gasteiger partial charge < -0.3 is 16.5 Å². The van der Waals surface area contributed by atoms with Crippen LogP contribution in [0, 0.1) is 6.92 Å². The van der Waals surface area contributed by atoms with Gasteiger partial charge in [-0.25, -0.2) is 0 Å². The molecule has 3 aromatic rings. The quantitative estimate of drug-likeness (QED) is 0.681. The highest BCUT2D eigenvalue weighted by Crippen LogP contribution is 2.30. The van der Waals surface area contributed by atoms with Crippen molar-refractivity contribution in [3.63, 3.8) is 0 Å². The number of hydrogen-bond donors (Lipinski definition) is 3. The van der Waals surface area contributed by atoms with E-state index in [-0.39, 0.29) is 6.04 Å². The minimum atomic E-state index is -0.141. The van der Waals surface area contributed by atoms with E-state index in [1.54, 1.807) is 0 Å². The minimum Gasteiger partial charge on any atom is -0.358 e. The lowest BCUT2D eigenvalue weighted by molar-refractivity contribution is 0.863. The van der Waals surface area contributed by atoms with Crippen LogP contribution in [0.2, 0.25) is 0 Å². The van der Waals surface area contributed by atoms with E-state index in [1.165, 1.54) is 5.39 Å². The zero-order chi connectivity index (χ0) is 14.1. The molecule has 5 N–H and O–H groups in total. The maximum atomic E-state index is 6.49. The second-order valence-electron chi connectivity index (χ2n) is 5.14. The Labute approximate surface area is 118 Å². The lowest BCUT2D eigenvalue weighted by Gasteiger charge is -2.14. The van der Waals surface area contributed by atoms with E-state index in [9.17, 15) is 0 Å². The lowest BCUT2D eigenvalue weighted by atomic mass is 9.95. The molecule has 1 heterocycles. The molecule has 0 saturated heterocycles. The Bertz CT molecular complexity index is 743. The summed E-state index contributed by atoms with van der Waals surface area (Å²) in [7, 11) is 0. The molecule has 2 aromatic carbocycles. The van der Waals surface area contributed by atoms with Gasteiger partial charge in [0, 0.05) is 28.7 Å². The highest BCUT2D eigenvalue weighted by atomic mass is 14.7. The second kappa shape index (κ2) is 5.12. The molecule has 0 fully saturated rings. The van der Waals surface area contributed by atoms with Crippen molar-refractivity contribution in [2.75, 3.05) is 0 Å². The van der Waals surface area contributed by atoms with Crippen molar-refractivity contribution in [2.45, 2.75) is 19.5 Å². The maximum absolute atomic E-state index is 6.49. The summed E-state index contributed by atoms with van der Waals surface area (Å²) in [6.07, 6.45) is 0. The predicted molar refractivity (Wildman–Crippen MR) is 83.4 cm³/mol. The van der Waals surface area contributed by atoms with E-state index in [1.807, 2.05) is 24.3 Å². The van der Waals surface area contributed by atoms with Gasteiger partial charge in [-0.2, -0.15) is 0 Å². The summed E-state index contributed by atoms with van der Waals surface area (Å²) in [6.45, 7) is 2.61. The third kappa shape index (κ3) is 2.11. The number of rotatable bonds is 3. The van der Waals surface area contributed by atoms with E-state index in [4.69, 9.17) is 11.5 Å². The third-order valence-electron chi connectivity index (χ3n) is 3.80. The molecule has 0 aliphatic carbocycles. The summed E-state index contributed by atoms with van der Waals surface area (Å²) in [6, 6.07) is 16.3. The number of H-pyrrole nitrogens is 1. The van der Waals surface area contributed by atoms with Crippen LogP contribution >= 0.6 is 0 Å². The number of aromatic amines is 1. The first-order valence-electron chi connectivity index (χ1n) is 6.82. The number of nitrogens with one attached hydrogen (secondary N) is 1. The Morgan fingerprint density at radius 2 is 1.90 bits per heavy atom. The van der Waals surface area contributed by atoms with Crippen molar-refractivity contribution in [1.29, 1.82) is 0 Å². The molecule has 0 aliphatic heterocycles. The van der Waals surface area contributed by atoms with E-state index < -0.39 is 0 Å². The largest absolute Gasteiger partial charge is 0.358 e. The first kappa shape index (κ1) is 12.9. The molecule has 1 atom stereocenters. The van der Waals surface area contributed by atoms with Gasteiger partial charge in [-0.3, -0.25) is 0 Å². The van der Waals surface area contributed by atoms with Crippen molar-refractivity contribution in [3.05, 3.63) is 70.9 Å². The van der Waals surface area contributed by atoms with Gasteiger partial charge in [-0.1, -0.05) is 42.5 Å². The smallest absolute Gasteiger partial charge is 0.0575 e. The van der Waals surface area contributed by atoms with Crippen LogP contribution in [-0.2, 0) is 6.54 Å². The van der Waals surface area contributed by atoms with Gasteiger partial charge in [0.2, 0.25) is 0 Å². The van der Waals surface area contributed by atoms with Crippen LogP contribution in [-0.4, -0.2) is 4.98 Å². The summed E-state index contributed by atoms with van der Waals surface area (Å²) in [5.41, 5.74) is 17.8. The van der Waals surface area contributed by atoms with Crippen LogP contribution in [0.5, 0.6) is 0 Å². The molecule has 0 aliphatic rings. The predicted octanol–water partition coefficient (Wildman–Crippen LogP) is 2.98. The van der Waals surface area contributed by atoms with Gasteiger partial charge in [-0.15, -0.1) is 0 Å². The Morgan fingerprint density at radius 1 is 1.10 bits per heavy atom. The molecule has 3 nitrogen and oxygen atoms in total. The maximum Gasteiger partial charge on any atom is 0.0575 e. The molecule has 3 heteroatoms. The van der Waals surface area contributed by atoms with Gasteiger partial charge in [-0.05, 0) is 24.1 Å². The number of nitrogens with two attached hydrogens (primary N) is 2. The van der Waals surface area contributed by atoms with Crippen LogP contribution in [0.15, 0.2) is 48.5 Å². The SMILES string of the molecule is Cc1[nH]c2ccccc2c1C(N)c1cccc(CN)c1. The number of hydrogen-bond acceptors (Lipinski definition) is 2. The molecule has 0 radical (unpaired) electrons. The molecule has 0 amide bonds. The van der Waals surface area contributed by atoms with Crippen LogP contribution < -0.4 is 11.5 Å². The molecule has 1 unspecified atom stereocenters. The fourth-order valence-corrected chi connectivity index (χ4v) is 2.78.